The molecule has 0 amide bonds. The summed E-state index contributed by atoms with van der Waals surface area (Å²) in [5.74, 6) is -4.71. The van der Waals surface area contributed by atoms with E-state index in [0.717, 1.165) is 38.5 Å². The van der Waals surface area contributed by atoms with Crippen LogP contribution in [0, 0.1) is 0 Å². The van der Waals surface area contributed by atoms with Crippen LogP contribution < -0.4 is 10.2 Å². The van der Waals surface area contributed by atoms with Crippen LogP contribution in [0.4, 0.5) is 0 Å². The summed E-state index contributed by atoms with van der Waals surface area (Å²) in [6.45, 7) is 10.5. The maximum atomic E-state index is 11.4. The van der Waals surface area contributed by atoms with Gasteiger partial charge in [0.2, 0.25) is 0 Å². The van der Waals surface area contributed by atoms with Crippen molar-refractivity contribution in [3.8, 4) is 0 Å². The number of aliphatic hydroxyl groups is 2. The predicted octanol–water partition coefficient (Wildman–Crippen LogP) is 0.706. The van der Waals surface area contributed by atoms with E-state index in [0.29, 0.717) is 25.9 Å². The minimum atomic E-state index is -1.29. The largest absolute Gasteiger partial charge is 2.00 e. The maximum absolute atomic E-state index is 11.4. The predicted molar refractivity (Wildman–Crippen MR) is 170 cm³/mol. The molecule has 0 aliphatic carbocycles. The van der Waals surface area contributed by atoms with Crippen molar-refractivity contribution in [2.24, 2.45) is 0 Å². The molecule has 45 heavy (non-hydrogen) atoms. The Kier molecular flexibility index (Phi) is 28.2. The number of nitrogens with zero attached hydrogens (tertiary/aromatic N) is 2. The zero-order chi connectivity index (χ0) is 34.3. The van der Waals surface area contributed by atoms with E-state index in [2.05, 4.69) is 26.0 Å². The van der Waals surface area contributed by atoms with Gasteiger partial charge in [0.25, 0.3) is 0 Å². The molecule has 0 heterocycles. The minimum Gasteiger partial charge on any atom is -0.544 e. The molecular weight excluding hydrogens is 612 g/mol. The number of carbonyl (C=O) groups is 4. The second-order valence-electron chi connectivity index (χ2n) is 11.4. The summed E-state index contributed by atoms with van der Waals surface area (Å²) in [5.41, 5.74) is 0. The van der Waals surface area contributed by atoms with Crippen LogP contribution in [-0.4, -0.2) is 155 Å². The summed E-state index contributed by atoms with van der Waals surface area (Å²) < 4.78 is -0.397. The topological polar surface area (TPSA) is 195 Å². The SMILES string of the molecule is CCC/C=C/CCC[N+](CCO)(C(C)C(=O)[O-])C(C)C(=O)O.CCC/C=C/CCC[N+](CCO)(C(C)C(=O)[O-])C(C)C(=O)O.[Ca+2]. The number of carboxylic acid groups (broad SMARTS) is 4. The van der Waals surface area contributed by atoms with Crippen LogP contribution in [0.25, 0.3) is 0 Å². The molecule has 4 N–H and O–H groups in total. The van der Waals surface area contributed by atoms with E-state index in [1.807, 2.05) is 12.2 Å². The Morgan fingerprint density at radius 2 is 0.867 bits per heavy atom. The van der Waals surface area contributed by atoms with E-state index >= 15 is 0 Å². The molecule has 6 unspecified atom stereocenters. The van der Waals surface area contributed by atoms with Gasteiger partial charge in [-0.25, -0.2) is 9.59 Å². The van der Waals surface area contributed by atoms with Crippen molar-refractivity contribution in [2.45, 2.75) is 117 Å². The van der Waals surface area contributed by atoms with Gasteiger partial charge >= 0.3 is 49.7 Å². The summed E-state index contributed by atoms with van der Waals surface area (Å²) in [6, 6.07) is -3.81. The Morgan fingerprint density at radius 3 is 1.09 bits per heavy atom. The van der Waals surface area contributed by atoms with Crippen LogP contribution in [0.2, 0.25) is 0 Å². The zero-order valence-electron chi connectivity index (χ0n) is 28.4. The van der Waals surface area contributed by atoms with Gasteiger partial charge in [-0.05, 0) is 53.4 Å². The average Bonchev–Trinajstić information content (AvgIpc) is 2.98. The number of rotatable bonds is 24. The van der Waals surface area contributed by atoms with Crippen molar-refractivity contribution >= 4 is 61.6 Å². The van der Waals surface area contributed by atoms with E-state index in [1.54, 1.807) is 0 Å². The van der Waals surface area contributed by atoms with Gasteiger partial charge in [-0.2, -0.15) is 0 Å². The third kappa shape index (κ3) is 16.7. The molecular formula is C32H58CaN2O10+2. The standard InChI is InChI=1S/2C16H29NO5.Ca/c2*1-4-5-6-7-8-9-10-17(11-12-18,13(2)15(19)20)14(3)16(21)22;/h2*6-7,13-14,18H,4-5,8-12H2,1-3H3,(H-,19,20,21,22);/q;;+2/b2*7-6+;. The van der Waals surface area contributed by atoms with Crippen molar-refractivity contribution in [2.75, 3.05) is 39.4 Å². The molecule has 256 valence electrons. The number of unbranched alkanes of at least 4 members (excludes halogenated alkanes) is 4. The molecule has 0 bridgehead atoms. The fraction of sp³-hybridized carbons (Fsp3) is 0.750. The van der Waals surface area contributed by atoms with Gasteiger partial charge in [0, 0.05) is 12.8 Å². The van der Waals surface area contributed by atoms with Crippen molar-refractivity contribution in [3.63, 3.8) is 0 Å². The minimum absolute atomic E-state index is 0. The van der Waals surface area contributed by atoms with Crippen molar-refractivity contribution in [1.29, 1.82) is 0 Å². The number of allylic oxidation sites excluding steroid dienone is 4. The number of quaternary nitrogens is 2. The first-order chi connectivity index (χ1) is 20.7. The molecule has 0 saturated heterocycles. The number of carbonyl (C=O) groups excluding carboxylic acids is 2. The summed E-state index contributed by atoms with van der Waals surface area (Å²) in [6.07, 6.45) is 15.2. The monoisotopic (exact) mass is 670 g/mol. The van der Waals surface area contributed by atoms with Gasteiger partial charge in [0.05, 0.1) is 38.2 Å². The van der Waals surface area contributed by atoms with Gasteiger partial charge in [-0.3, -0.25) is 0 Å². The van der Waals surface area contributed by atoms with E-state index in [-0.39, 0.29) is 73.0 Å². The molecule has 0 aliphatic rings. The van der Waals surface area contributed by atoms with Crippen LogP contribution in [0.5, 0.6) is 0 Å². The van der Waals surface area contributed by atoms with Crippen LogP contribution in [0.1, 0.15) is 92.9 Å². The van der Waals surface area contributed by atoms with Gasteiger partial charge in [-0.15, -0.1) is 0 Å². The third-order valence-electron chi connectivity index (χ3n) is 8.65. The number of carboxylic acids is 4. The summed E-state index contributed by atoms with van der Waals surface area (Å²) in [4.78, 5) is 45.4. The van der Waals surface area contributed by atoms with E-state index < -0.39 is 48.0 Å². The van der Waals surface area contributed by atoms with Crippen LogP contribution in [0.15, 0.2) is 24.3 Å². The Hall–Kier alpha value is -1.54. The fourth-order valence-corrected chi connectivity index (χ4v) is 5.49. The molecule has 6 atom stereocenters. The Labute approximate surface area is 299 Å². The molecule has 0 aromatic carbocycles. The number of hydrogen-bond donors (Lipinski definition) is 4. The van der Waals surface area contributed by atoms with Crippen LogP contribution in [-0.2, 0) is 19.2 Å². The van der Waals surface area contributed by atoms with Crippen LogP contribution >= 0.6 is 0 Å². The molecule has 0 saturated carbocycles. The van der Waals surface area contributed by atoms with Gasteiger partial charge < -0.3 is 49.2 Å². The molecule has 0 rings (SSSR count). The van der Waals surface area contributed by atoms with Crippen molar-refractivity contribution in [3.05, 3.63) is 24.3 Å². The fourth-order valence-electron chi connectivity index (χ4n) is 5.49. The molecule has 12 nitrogen and oxygen atoms in total. The van der Waals surface area contributed by atoms with Gasteiger partial charge in [-0.1, -0.05) is 51.0 Å². The zero-order valence-corrected chi connectivity index (χ0v) is 30.6. The molecule has 0 aromatic heterocycles. The molecule has 13 heteroatoms. The first-order valence-electron chi connectivity index (χ1n) is 15.8. The van der Waals surface area contributed by atoms with Gasteiger partial charge in [0.15, 0.2) is 12.1 Å². The molecule has 0 spiro atoms. The van der Waals surface area contributed by atoms with E-state index in [4.69, 9.17) is 0 Å². The van der Waals surface area contributed by atoms with E-state index in [1.165, 1.54) is 27.7 Å². The number of hydrogen-bond acceptors (Lipinski definition) is 8. The summed E-state index contributed by atoms with van der Waals surface area (Å²) in [5, 5.41) is 59.9. The van der Waals surface area contributed by atoms with E-state index in [9.17, 15) is 49.8 Å². The average molecular weight is 671 g/mol. The number of aliphatic hydroxyl groups excluding tert-OH is 2. The normalized spacial score (nSPS) is 16.7. The molecule has 0 radical (unpaired) electrons. The maximum Gasteiger partial charge on any atom is 2.00 e. The van der Waals surface area contributed by atoms with Gasteiger partial charge in [0.1, 0.15) is 25.2 Å². The Morgan fingerprint density at radius 1 is 0.578 bits per heavy atom. The Balaban J connectivity index is -0.000000767. The second-order valence-corrected chi connectivity index (χ2v) is 11.4. The summed E-state index contributed by atoms with van der Waals surface area (Å²) in [7, 11) is 0. The Bertz CT molecular complexity index is 800. The van der Waals surface area contributed by atoms with Crippen LogP contribution in [0.3, 0.4) is 0 Å². The molecule has 0 aliphatic heterocycles. The van der Waals surface area contributed by atoms with Crippen molar-refractivity contribution < 1.29 is 58.8 Å². The summed E-state index contributed by atoms with van der Waals surface area (Å²) >= 11 is 0. The van der Waals surface area contributed by atoms with Crippen molar-refractivity contribution in [1.82, 2.24) is 0 Å². The molecule has 0 fully saturated rings. The first kappa shape index (κ1) is 47.9. The number of aliphatic carboxylic acids is 4. The molecule has 0 aromatic rings. The quantitative estimate of drug-likeness (QED) is 0.0492. The second kappa shape index (κ2) is 26.5. The smallest absolute Gasteiger partial charge is 0.544 e. The first-order valence-corrected chi connectivity index (χ1v) is 15.8. The third-order valence-corrected chi connectivity index (χ3v) is 8.65.